The van der Waals surface area contributed by atoms with Gasteiger partial charge < -0.3 is 19.3 Å². The smallest absolute Gasteiger partial charge is 0.307 e. The fourth-order valence-electron chi connectivity index (χ4n) is 4.06. The number of carbonyl (C=O) groups is 2. The van der Waals surface area contributed by atoms with Crippen LogP contribution in [0.2, 0.25) is 0 Å². The summed E-state index contributed by atoms with van der Waals surface area (Å²) >= 11 is 0. The van der Waals surface area contributed by atoms with E-state index in [0.29, 0.717) is 26.1 Å². The highest BCUT2D eigenvalue weighted by molar-refractivity contribution is 5.69. The van der Waals surface area contributed by atoms with Gasteiger partial charge in [0.2, 0.25) is 0 Å². The van der Waals surface area contributed by atoms with Crippen LogP contribution in [0.3, 0.4) is 0 Å². The summed E-state index contributed by atoms with van der Waals surface area (Å²) < 4.78 is 10.7. The van der Waals surface area contributed by atoms with Gasteiger partial charge in [0.1, 0.15) is 0 Å². The second-order valence-electron chi connectivity index (χ2n) is 10.5. The summed E-state index contributed by atoms with van der Waals surface area (Å²) in [5.74, 6) is -0.138. The number of rotatable bonds is 26. The Balaban J connectivity index is -0.00000130. The molecule has 0 radical (unpaired) electrons. The molecule has 0 bridgehead atoms. The predicted molar refractivity (Wildman–Crippen MR) is 181 cm³/mol. The van der Waals surface area contributed by atoms with Crippen LogP contribution >= 0.6 is 0 Å². The van der Waals surface area contributed by atoms with Gasteiger partial charge in [0.25, 0.3) is 0 Å². The Hall–Kier alpha value is -1.40. The topological polar surface area (TPSA) is 59.1 Å². The van der Waals surface area contributed by atoms with E-state index in [1.54, 1.807) is 0 Å². The molecule has 0 rings (SSSR count). The Morgan fingerprint density at radius 3 is 1.66 bits per heavy atom. The Bertz CT molecular complexity index is 552. The SMILES string of the molecule is C.C=C(C)CCOC(=O)CCN(CCCCCCCCOC(=O)CCCCCCCC)CCCN(C)C.CC.CC. The molecule has 6 nitrogen and oxygen atoms in total. The van der Waals surface area contributed by atoms with E-state index in [9.17, 15) is 9.59 Å². The van der Waals surface area contributed by atoms with Gasteiger partial charge in [-0.3, -0.25) is 9.59 Å². The number of unbranched alkanes of at least 4 members (excludes halogenated alkanes) is 10. The van der Waals surface area contributed by atoms with Crippen LogP contribution in [0.15, 0.2) is 12.2 Å². The van der Waals surface area contributed by atoms with Crippen LogP contribution in [0.1, 0.15) is 152 Å². The molecule has 0 amide bonds. The number of nitrogens with zero attached hydrogens (tertiary/aromatic N) is 2. The average molecular weight is 587 g/mol. The largest absolute Gasteiger partial charge is 0.466 e. The minimum absolute atomic E-state index is 0. The lowest BCUT2D eigenvalue weighted by Crippen LogP contribution is -2.31. The van der Waals surface area contributed by atoms with Crippen LogP contribution in [-0.2, 0) is 19.1 Å². The van der Waals surface area contributed by atoms with E-state index in [4.69, 9.17) is 9.47 Å². The summed E-state index contributed by atoms with van der Waals surface area (Å²) in [6.07, 6.45) is 16.9. The standard InChI is InChI=1S/C30H58N2O4.2C2H6.CH4/c1-6-7-8-9-12-15-19-29(33)35-26-17-14-11-10-13-16-23-32(24-18-22-31(4)5)25-20-30(34)36-27-21-28(2)3;2*1-2;/h2,6-27H2,1,3-5H3;2*1-2H3;1H4. The van der Waals surface area contributed by atoms with E-state index in [1.807, 2.05) is 34.6 Å². The molecule has 248 valence electrons. The highest BCUT2D eigenvalue weighted by Gasteiger charge is 2.10. The molecule has 6 heteroatoms. The Kier molecular flexibility index (Phi) is 43.8. The lowest BCUT2D eigenvalue weighted by Gasteiger charge is -2.23. The summed E-state index contributed by atoms with van der Waals surface area (Å²) in [4.78, 5) is 28.4. The first-order chi connectivity index (χ1) is 19.3. The maximum absolute atomic E-state index is 12.0. The van der Waals surface area contributed by atoms with Crippen molar-refractivity contribution in [2.24, 2.45) is 0 Å². The van der Waals surface area contributed by atoms with E-state index in [1.165, 1.54) is 44.9 Å². The molecule has 0 fully saturated rings. The zero-order chi connectivity index (χ0) is 30.9. The quantitative estimate of drug-likeness (QED) is 0.0571. The van der Waals surface area contributed by atoms with Crippen LogP contribution in [0, 0.1) is 0 Å². The van der Waals surface area contributed by atoms with Crippen molar-refractivity contribution in [3.63, 3.8) is 0 Å². The summed E-state index contributed by atoms with van der Waals surface area (Å²) in [5.41, 5.74) is 1.04. The monoisotopic (exact) mass is 587 g/mol. The molecule has 0 aromatic carbocycles. The first-order valence-corrected chi connectivity index (χ1v) is 16.7. The molecular weight excluding hydrogens is 512 g/mol. The minimum Gasteiger partial charge on any atom is -0.466 e. The molecule has 0 N–H and O–H groups in total. The number of hydrogen-bond acceptors (Lipinski definition) is 6. The van der Waals surface area contributed by atoms with Gasteiger partial charge in [-0.05, 0) is 66.3 Å². The number of esters is 2. The van der Waals surface area contributed by atoms with Crippen molar-refractivity contribution in [1.29, 1.82) is 0 Å². The van der Waals surface area contributed by atoms with Crippen molar-refractivity contribution in [3.8, 4) is 0 Å². The summed E-state index contributed by atoms with van der Waals surface area (Å²) in [6.45, 7) is 20.9. The Labute approximate surface area is 258 Å². The molecule has 0 heterocycles. The lowest BCUT2D eigenvalue weighted by atomic mass is 10.1. The van der Waals surface area contributed by atoms with E-state index in [-0.39, 0.29) is 19.4 Å². The van der Waals surface area contributed by atoms with E-state index >= 15 is 0 Å². The highest BCUT2D eigenvalue weighted by atomic mass is 16.5. The van der Waals surface area contributed by atoms with Gasteiger partial charge in [0.05, 0.1) is 19.6 Å². The van der Waals surface area contributed by atoms with Crippen LogP contribution in [0.5, 0.6) is 0 Å². The normalized spacial score (nSPS) is 10.2. The predicted octanol–water partition coefficient (Wildman–Crippen LogP) is 9.46. The van der Waals surface area contributed by atoms with Crippen LogP contribution in [0.25, 0.3) is 0 Å². The number of hydrogen-bond donors (Lipinski definition) is 0. The first kappa shape index (κ1) is 46.6. The second-order valence-corrected chi connectivity index (χ2v) is 10.5. The molecule has 0 aliphatic rings. The molecule has 0 saturated carbocycles. The van der Waals surface area contributed by atoms with Crippen molar-refractivity contribution >= 4 is 11.9 Å². The molecular formula is C35H74N2O4. The molecule has 0 aromatic heterocycles. The molecule has 0 atom stereocenters. The zero-order valence-electron chi connectivity index (χ0n) is 28.3. The van der Waals surface area contributed by atoms with Gasteiger partial charge in [0, 0.05) is 19.4 Å². The minimum atomic E-state index is -0.110. The molecule has 0 unspecified atom stereocenters. The highest BCUT2D eigenvalue weighted by Crippen LogP contribution is 2.10. The van der Waals surface area contributed by atoms with E-state index in [2.05, 4.69) is 37.4 Å². The van der Waals surface area contributed by atoms with Gasteiger partial charge in [-0.15, -0.1) is 6.58 Å². The van der Waals surface area contributed by atoms with Crippen LogP contribution in [0.4, 0.5) is 0 Å². The summed E-state index contributed by atoms with van der Waals surface area (Å²) in [5, 5.41) is 0. The molecule has 0 saturated heterocycles. The summed E-state index contributed by atoms with van der Waals surface area (Å²) in [7, 11) is 4.19. The van der Waals surface area contributed by atoms with Gasteiger partial charge in [-0.2, -0.15) is 0 Å². The van der Waals surface area contributed by atoms with Crippen molar-refractivity contribution in [3.05, 3.63) is 12.2 Å². The van der Waals surface area contributed by atoms with Crippen LogP contribution in [-0.4, -0.2) is 75.2 Å². The number of carbonyl (C=O) groups excluding carboxylic acids is 2. The van der Waals surface area contributed by atoms with Gasteiger partial charge in [0.15, 0.2) is 0 Å². The van der Waals surface area contributed by atoms with Crippen molar-refractivity contribution < 1.29 is 19.1 Å². The van der Waals surface area contributed by atoms with E-state index in [0.717, 1.165) is 76.7 Å². The third-order valence-electron chi connectivity index (χ3n) is 6.37. The van der Waals surface area contributed by atoms with Crippen molar-refractivity contribution in [2.75, 3.05) is 53.5 Å². The van der Waals surface area contributed by atoms with Crippen molar-refractivity contribution in [1.82, 2.24) is 9.80 Å². The molecule has 0 aliphatic carbocycles. The Morgan fingerprint density at radius 1 is 0.585 bits per heavy atom. The van der Waals surface area contributed by atoms with Crippen LogP contribution < -0.4 is 0 Å². The first-order valence-electron chi connectivity index (χ1n) is 16.7. The maximum Gasteiger partial charge on any atom is 0.307 e. The third-order valence-corrected chi connectivity index (χ3v) is 6.37. The second kappa shape index (κ2) is 38.6. The number of ether oxygens (including phenoxy) is 2. The molecule has 41 heavy (non-hydrogen) atoms. The maximum atomic E-state index is 12.0. The fraction of sp³-hybridized carbons (Fsp3) is 0.886. The zero-order valence-corrected chi connectivity index (χ0v) is 28.3. The molecule has 0 spiro atoms. The summed E-state index contributed by atoms with van der Waals surface area (Å²) in [6, 6.07) is 0. The van der Waals surface area contributed by atoms with E-state index < -0.39 is 0 Å². The average Bonchev–Trinajstić information content (AvgIpc) is 2.94. The fourth-order valence-corrected chi connectivity index (χ4v) is 4.06. The van der Waals surface area contributed by atoms with Gasteiger partial charge in [-0.1, -0.05) is 105 Å². The molecule has 0 aliphatic heterocycles. The third kappa shape index (κ3) is 40.8. The lowest BCUT2D eigenvalue weighted by molar-refractivity contribution is -0.144. The van der Waals surface area contributed by atoms with Crippen molar-refractivity contribution in [2.45, 2.75) is 152 Å². The Morgan fingerprint density at radius 2 is 1.07 bits per heavy atom. The molecule has 0 aromatic rings. The van der Waals surface area contributed by atoms with Gasteiger partial charge >= 0.3 is 11.9 Å². The van der Waals surface area contributed by atoms with Gasteiger partial charge in [-0.25, -0.2) is 0 Å².